The Hall–Kier alpha value is -0.910. The number of hydrogen-bond acceptors (Lipinski definition) is 4. The molecule has 2 atom stereocenters. The van der Waals surface area contributed by atoms with Gasteiger partial charge in [-0.1, -0.05) is 6.07 Å². The Kier molecular flexibility index (Phi) is 6.48. The van der Waals surface area contributed by atoms with Gasteiger partial charge in [-0.3, -0.25) is 0 Å². The van der Waals surface area contributed by atoms with Crippen LogP contribution >= 0.6 is 0 Å². The molecule has 0 aliphatic heterocycles. The van der Waals surface area contributed by atoms with Crippen molar-refractivity contribution in [3.05, 3.63) is 23.8 Å². The van der Waals surface area contributed by atoms with E-state index < -0.39 is 11.4 Å². The molecule has 1 rings (SSSR count). The maximum atomic E-state index is 11.7. The summed E-state index contributed by atoms with van der Waals surface area (Å²) in [5.41, 5.74) is 1.10. The predicted octanol–water partition coefficient (Wildman–Crippen LogP) is 2.38. The van der Waals surface area contributed by atoms with Crippen molar-refractivity contribution in [2.75, 3.05) is 7.11 Å². The molecule has 0 unspecified atom stereocenters. The lowest BCUT2D eigenvalue weighted by atomic mass is 10.1. The van der Waals surface area contributed by atoms with Crippen molar-refractivity contribution < 1.29 is 14.4 Å². The molecule has 2 N–H and O–H groups in total. The van der Waals surface area contributed by atoms with E-state index in [1.54, 1.807) is 6.07 Å². The average Bonchev–Trinajstić information content (AvgIpc) is 2.37. The second kappa shape index (κ2) is 7.62. The molecule has 0 aromatic heterocycles. The fraction of sp³-hybridized carbons (Fsp3) is 0.571. The fourth-order valence-corrected chi connectivity index (χ4v) is 2.44. The van der Waals surface area contributed by atoms with Gasteiger partial charge in [-0.15, -0.1) is 4.72 Å². The Labute approximate surface area is 118 Å². The molecule has 1 aromatic carbocycles. The highest BCUT2D eigenvalue weighted by Crippen LogP contribution is 2.26. The van der Waals surface area contributed by atoms with Crippen LogP contribution in [0.15, 0.2) is 18.2 Å². The number of benzene rings is 1. The van der Waals surface area contributed by atoms with Crippen LogP contribution in [0.25, 0.3) is 0 Å². The summed E-state index contributed by atoms with van der Waals surface area (Å²) in [7, 11) is 1.54. The van der Waals surface area contributed by atoms with Crippen molar-refractivity contribution in [1.29, 1.82) is 0 Å². The number of ether oxygens (including phenoxy) is 1. The van der Waals surface area contributed by atoms with Crippen molar-refractivity contribution in [1.82, 2.24) is 4.72 Å². The predicted molar refractivity (Wildman–Crippen MR) is 78.9 cm³/mol. The van der Waals surface area contributed by atoms with Crippen molar-refractivity contribution >= 4 is 11.4 Å². The molecule has 0 bridgehead atoms. The third-order valence-electron chi connectivity index (χ3n) is 2.86. The third kappa shape index (κ3) is 5.30. The lowest BCUT2D eigenvalue weighted by Gasteiger charge is -2.19. The Balaban J connectivity index is 2.48. The molecule has 0 aliphatic rings. The molecular weight excluding hydrogens is 262 g/mol. The van der Waals surface area contributed by atoms with E-state index in [4.69, 9.17) is 4.74 Å². The van der Waals surface area contributed by atoms with E-state index in [-0.39, 0.29) is 17.0 Å². The number of phenolic OH excluding ortho intramolecular Hbond substituents is 1. The summed E-state index contributed by atoms with van der Waals surface area (Å²) >= 11 is -0.984. The maximum absolute atomic E-state index is 11.7. The summed E-state index contributed by atoms with van der Waals surface area (Å²) in [4.78, 5) is 0. The zero-order valence-corrected chi connectivity index (χ0v) is 12.8. The first-order valence-electron chi connectivity index (χ1n) is 6.46. The summed E-state index contributed by atoms with van der Waals surface area (Å²) in [6.07, 6.45) is 1.73. The molecular formula is C14H23NO3S. The second-order valence-corrected chi connectivity index (χ2v) is 6.68. The van der Waals surface area contributed by atoms with Crippen LogP contribution in [-0.4, -0.2) is 28.1 Å². The number of phenols is 1. The van der Waals surface area contributed by atoms with Gasteiger partial charge in [0, 0.05) is 17.4 Å². The molecule has 0 spiro atoms. The molecule has 1 aromatic rings. The molecule has 0 radical (unpaired) electrons. The third-order valence-corrected chi connectivity index (χ3v) is 4.35. The van der Waals surface area contributed by atoms with E-state index in [0.29, 0.717) is 5.75 Å². The first kappa shape index (κ1) is 16.1. The van der Waals surface area contributed by atoms with E-state index in [1.165, 1.54) is 7.11 Å². The zero-order valence-electron chi connectivity index (χ0n) is 12.0. The van der Waals surface area contributed by atoms with Gasteiger partial charge in [-0.05, 0) is 51.3 Å². The van der Waals surface area contributed by atoms with Gasteiger partial charge in [0.1, 0.15) is 5.25 Å². The van der Waals surface area contributed by atoms with Gasteiger partial charge in [0.2, 0.25) is 0 Å². The standard InChI is InChI=1S/C14H23NO3S/c1-10(2)19(17)15-11(3)5-6-12-7-8-13(16)14(9-12)18-4/h7-11,15-16H,5-6H2,1-4H3/t11-,19-/m1/s1. The Morgan fingerprint density at radius 3 is 2.63 bits per heavy atom. The average molecular weight is 285 g/mol. The molecule has 19 heavy (non-hydrogen) atoms. The molecule has 0 aliphatic carbocycles. The topological polar surface area (TPSA) is 64.5 Å². The molecule has 0 amide bonds. The number of hydrogen-bond donors (Lipinski definition) is 2. The van der Waals surface area contributed by atoms with Crippen LogP contribution in [0.4, 0.5) is 0 Å². The highest BCUT2D eigenvalue weighted by atomic mass is 32.2. The number of aryl methyl sites for hydroxylation is 1. The van der Waals surface area contributed by atoms with Crippen molar-refractivity contribution in [3.63, 3.8) is 0 Å². The molecule has 4 nitrogen and oxygen atoms in total. The normalized spacial score (nSPS) is 14.4. The number of rotatable bonds is 7. The fourth-order valence-electron chi connectivity index (χ4n) is 1.65. The summed E-state index contributed by atoms with van der Waals surface area (Å²) in [5.74, 6) is 0.641. The van der Waals surface area contributed by atoms with E-state index in [9.17, 15) is 9.66 Å². The monoisotopic (exact) mass is 285 g/mol. The van der Waals surface area contributed by atoms with Crippen LogP contribution < -0.4 is 9.46 Å². The van der Waals surface area contributed by atoms with Gasteiger partial charge in [-0.2, -0.15) is 0 Å². The minimum Gasteiger partial charge on any atom is -0.598 e. The van der Waals surface area contributed by atoms with E-state index in [1.807, 2.05) is 32.9 Å². The Bertz CT molecular complexity index is 398. The maximum Gasteiger partial charge on any atom is 0.160 e. The minimum absolute atomic E-state index is 0.121. The van der Waals surface area contributed by atoms with Gasteiger partial charge in [0.05, 0.1) is 7.11 Å². The zero-order chi connectivity index (χ0) is 14.4. The number of nitrogens with one attached hydrogen (secondary N) is 1. The summed E-state index contributed by atoms with van der Waals surface area (Å²) in [6.45, 7) is 5.89. The van der Waals surface area contributed by atoms with Gasteiger partial charge in [-0.25, -0.2) is 0 Å². The Morgan fingerprint density at radius 1 is 1.37 bits per heavy atom. The van der Waals surface area contributed by atoms with Crippen molar-refractivity contribution in [2.24, 2.45) is 0 Å². The first-order chi connectivity index (χ1) is 8.93. The van der Waals surface area contributed by atoms with Crippen LogP contribution in [0, 0.1) is 0 Å². The van der Waals surface area contributed by atoms with Gasteiger partial charge < -0.3 is 14.4 Å². The van der Waals surface area contributed by atoms with Crippen LogP contribution in [-0.2, 0) is 17.8 Å². The van der Waals surface area contributed by atoms with Crippen molar-refractivity contribution in [2.45, 2.75) is 44.9 Å². The van der Waals surface area contributed by atoms with Crippen molar-refractivity contribution in [3.8, 4) is 11.5 Å². The number of methoxy groups -OCH3 is 1. The van der Waals surface area contributed by atoms with E-state index in [2.05, 4.69) is 4.72 Å². The largest absolute Gasteiger partial charge is 0.598 e. The van der Waals surface area contributed by atoms with Crippen LogP contribution in [0.5, 0.6) is 11.5 Å². The molecule has 0 heterocycles. The van der Waals surface area contributed by atoms with E-state index in [0.717, 1.165) is 18.4 Å². The molecule has 0 saturated carbocycles. The van der Waals surface area contributed by atoms with Crippen LogP contribution in [0.3, 0.4) is 0 Å². The van der Waals surface area contributed by atoms with E-state index >= 15 is 0 Å². The molecule has 108 valence electrons. The first-order valence-corrected chi connectivity index (χ1v) is 7.68. The lowest BCUT2D eigenvalue weighted by Crippen LogP contribution is -2.37. The molecule has 0 fully saturated rings. The van der Waals surface area contributed by atoms with Gasteiger partial charge in [0.25, 0.3) is 0 Å². The lowest BCUT2D eigenvalue weighted by molar-refractivity contribution is 0.373. The summed E-state index contributed by atoms with van der Waals surface area (Å²) in [6, 6.07) is 5.53. The SMILES string of the molecule is COc1cc(CC[C@@H](C)N[S@+]([O-])C(C)C)ccc1O. The van der Waals surface area contributed by atoms with Gasteiger partial charge >= 0.3 is 0 Å². The Morgan fingerprint density at radius 2 is 2.05 bits per heavy atom. The summed E-state index contributed by atoms with van der Waals surface area (Å²) < 4.78 is 19.8. The molecule has 5 heteroatoms. The minimum atomic E-state index is -0.984. The highest BCUT2D eigenvalue weighted by molar-refractivity contribution is 7.90. The quantitative estimate of drug-likeness (QED) is 0.755. The molecule has 0 saturated heterocycles. The summed E-state index contributed by atoms with van der Waals surface area (Å²) in [5, 5.41) is 9.64. The number of aromatic hydroxyl groups is 1. The highest BCUT2D eigenvalue weighted by Gasteiger charge is 2.15. The van der Waals surface area contributed by atoms with Gasteiger partial charge in [0.15, 0.2) is 11.5 Å². The second-order valence-electron chi connectivity index (χ2n) is 4.91. The van der Waals surface area contributed by atoms with Crippen LogP contribution in [0.1, 0.15) is 32.8 Å². The van der Waals surface area contributed by atoms with Crippen LogP contribution in [0.2, 0.25) is 0 Å². The smallest absolute Gasteiger partial charge is 0.160 e.